The second-order valence-corrected chi connectivity index (χ2v) is 4.36. The normalized spacial score (nSPS) is 10.8. The summed E-state index contributed by atoms with van der Waals surface area (Å²) in [6.45, 7) is 6.46. The van der Waals surface area contributed by atoms with E-state index in [2.05, 4.69) is 15.4 Å². The van der Waals surface area contributed by atoms with E-state index in [1.165, 1.54) is 18.5 Å². The van der Waals surface area contributed by atoms with Gasteiger partial charge < -0.3 is 10.1 Å². The highest BCUT2D eigenvalue weighted by molar-refractivity contribution is 5.29. The zero-order chi connectivity index (χ0) is 14.4. The number of hydrogen-bond donors (Lipinski definition) is 1. The van der Waals surface area contributed by atoms with Gasteiger partial charge in [0.05, 0.1) is 0 Å². The van der Waals surface area contributed by atoms with Gasteiger partial charge in [-0.05, 0) is 31.2 Å². The molecule has 0 aliphatic carbocycles. The van der Waals surface area contributed by atoms with Crippen LogP contribution in [0.1, 0.15) is 25.2 Å². The number of aryl methyl sites for hydroxylation is 1. The number of ether oxygens (including phenoxy) is 1. The summed E-state index contributed by atoms with van der Waals surface area (Å²) in [6.07, 6.45) is 1.49. The van der Waals surface area contributed by atoms with Crippen molar-refractivity contribution < 1.29 is 9.13 Å². The summed E-state index contributed by atoms with van der Waals surface area (Å²) < 4.78 is 20.9. The van der Waals surface area contributed by atoms with Gasteiger partial charge in [0.2, 0.25) is 0 Å². The maximum Gasteiger partial charge on any atom is 0.164 e. The first-order chi connectivity index (χ1) is 9.72. The topological polar surface area (TPSA) is 52.0 Å². The largest absolute Gasteiger partial charge is 0.486 e. The lowest BCUT2D eigenvalue weighted by atomic mass is 10.2. The molecule has 0 fully saturated rings. The van der Waals surface area contributed by atoms with Gasteiger partial charge in [0, 0.05) is 19.2 Å². The van der Waals surface area contributed by atoms with E-state index in [1.54, 1.807) is 4.68 Å². The van der Waals surface area contributed by atoms with Gasteiger partial charge in [0.1, 0.15) is 24.5 Å². The van der Waals surface area contributed by atoms with Crippen LogP contribution in [0.15, 0.2) is 24.5 Å². The molecule has 2 rings (SSSR count). The quantitative estimate of drug-likeness (QED) is 0.843. The standard InChI is InChI=1S/C14H19FN4O/c1-3-16-8-11-5-12(15)7-13(6-11)20-9-14-17-10-18-19(14)4-2/h5-7,10,16H,3-4,8-9H2,1-2H3. The highest BCUT2D eigenvalue weighted by atomic mass is 19.1. The maximum absolute atomic E-state index is 13.5. The fourth-order valence-corrected chi connectivity index (χ4v) is 1.89. The first-order valence-corrected chi connectivity index (χ1v) is 6.72. The third kappa shape index (κ3) is 3.77. The van der Waals surface area contributed by atoms with E-state index in [0.29, 0.717) is 12.3 Å². The predicted octanol–water partition coefficient (Wildman–Crippen LogP) is 2.13. The number of hydrogen-bond acceptors (Lipinski definition) is 4. The fraction of sp³-hybridized carbons (Fsp3) is 0.429. The van der Waals surface area contributed by atoms with Crippen LogP contribution in [0.3, 0.4) is 0 Å². The van der Waals surface area contributed by atoms with Crippen molar-refractivity contribution in [2.45, 2.75) is 33.5 Å². The summed E-state index contributed by atoms with van der Waals surface area (Å²) >= 11 is 0. The fourth-order valence-electron chi connectivity index (χ4n) is 1.89. The number of nitrogens with one attached hydrogen (secondary N) is 1. The summed E-state index contributed by atoms with van der Waals surface area (Å²) in [7, 11) is 0. The first-order valence-electron chi connectivity index (χ1n) is 6.72. The predicted molar refractivity (Wildman–Crippen MR) is 73.8 cm³/mol. The number of halogens is 1. The molecule has 5 nitrogen and oxygen atoms in total. The molecule has 6 heteroatoms. The molecule has 0 radical (unpaired) electrons. The Kier molecular flexibility index (Phi) is 5.06. The van der Waals surface area contributed by atoms with E-state index in [0.717, 1.165) is 24.5 Å². The van der Waals surface area contributed by atoms with Crippen molar-refractivity contribution >= 4 is 0 Å². The van der Waals surface area contributed by atoms with E-state index in [1.807, 2.05) is 19.9 Å². The van der Waals surface area contributed by atoms with Crippen molar-refractivity contribution in [1.29, 1.82) is 0 Å². The zero-order valence-electron chi connectivity index (χ0n) is 11.8. The van der Waals surface area contributed by atoms with E-state index < -0.39 is 0 Å². The molecule has 108 valence electrons. The number of aromatic nitrogens is 3. The SMILES string of the molecule is CCNCc1cc(F)cc(OCc2ncnn2CC)c1. The molecule has 0 amide bonds. The Labute approximate surface area is 117 Å². The number of rotatable bonds is 7. The van der Waals surface area contributed by atoms with Gasteiger partial charge in [-0.25, -0.2) is 14.1 Å². The van der Waals surface area contributed by atoms with Crippen LogP contribution in [0.5, 0.6) is 5.75 Å². The van der Waals surface area contributed by atoms with Gasteiger partial charge in [-0.1, -0.05) is 6.92 Å². The Hall–Kier alpha value is -1.95. The molecule has 1 heterocycles. The van der Waals surface area contributed by atoms with E-state index in [4.69, 9.17) is 4.74 Å². The Morgan fingerprint density at radius 2 is 2.15 bits per heavy atom. The zero-order valence-corrected chi connectivity index (χ0v) is 11.8. The minimum atomic E-state index is -0.299. The van der Waals surface area contributed by atoms with Gasteiger partial charge in [0.25, 0.3) is 0 Å². The van der Waals surface area contributed by atoms with E-state index in [-0.39, 0.29) is 12.4 Å². The molecule has 0 atom stereocenters. The van der Waals surface area contributed by atoms with Crippen molar-refractivity contribution in [3.8, 4) is 5.75 Å². The van der Waals surface area contributed by atoms with Crippen molar-refractivity contribution in [3.05, 3.63) is 41.7 Å². The molecule has 0 unspecified atom stereocenters. The lowest BCUT2D eigenvalue weighted by Crippen LogP contribution is -2.12. The molecule has 20 heavy (non-hydrogen) atoms. The lowest BCUT2D eigenvalue weighted by molar-refractivity contribution is 0.285. The highest BCUT2D eigenvalue weighted by Crippen LogP contribution is 2.17. The third-order valence-electron chi connectivity index (χ3n) is 2.87. The van der Waals surface area contributed by atoms with Crippen molar-refractivity contribution in [2.24, 2.45) is 0 Å². The van der Waals surface area contributed by atoms with Gasteiger partial charge >= 0.3 is 0 Å². The van der Waals surface area contributed by atoms with Crippen LogP contribution in [-0.4, -0.2) is 21.3 Å². The minimum Gasteiger partial charge on any atom is -0.486 e. The van der Waals surface area contributed by atoms with Crippen molar-refractivity contribution in [2.75, 3.05) is 6.54 Å². The Balaban J connectivity index is 2.03. The van der Waals surface area contributed by atoms with Crippen LogP contribution in [-0.2, 0) is 19.7 Å². The molecule has 1 N–H and O–H groups in total. The first kappa shape index (κ1) is 14.5. The monoisotopic (exact) mass is 278 g/mol. The molecular formula is C14H19FN4O. The highest BCUT2D eigenvalue weighted by Gasteiger charge is 2.06. The summed E-state index contributed by atoms with van der Waals surface area (Å²) in [4.78, 5) is 4.12. The average Bonchev–Trinajstić information content (AvgIpc) is 2.90. The summed E-state index contributed by atoms with van der Waals surface area (Å²) in [6, 6.07) is 4.71. The van der Waals surface area contributed by atoms with Crippen LogP contribution in [0.25, 0.3) is 0 Å². The molecule has 0 aliphatic heterocycles. The molecule has 0 aliphatic rings. The summed E-state index contributed by atoms with van der Waals surface area (Å²) in [5, 5.41) is 7.22. The van der Waals surface area contributed by atoms with Gasteiger partial charge in [-0.3, -0.25) is 0 Å². The van der Waals surface area contributed by atoms with Gasteiger partial charge in [-0.2, -0.15) is 5.10 Å². The van der Waals surface area contributed by atoms with Gasteiger partial charge in [0.15, 0.2) is 5.82 Å². The molecular weight excluding hydrogens is 259 g/mol. The van der Waals surface area contributed by atoms with Gasteiger partial charge in [-0.15, -0.1) is 0 Å². The smallest absolute Gasteiger partial charge is 0.164 e. The number of nitrogens with zero attached hydrogens (tertiary/aromatic N) is 3. The molecule has 0 saturated heterocycles. The van der Waals surface area contributed by atoms with Crippen LogP contribution in [0.2, 0.25) is 0 Å². The molecule has 1 aromatic carbocycles. The van der Waals surface area contributed by atoms with Crippen molar-refractivity contribution in [1.82, 2.24) is 20.1 Å². The average molecular weight is 278 g/mol. The van der Waals surface area contributed by atoms with Crippen LogP contribution in [0.4, 0.5) is 4.39 Å². The minimum absolute atomic E-state index is 0.276. The van der Waals surface area contributed by atoms with Crippen LogP contribution < -0.4 is 10.1 Å². The molecule has 0 saturated carbocycles. The number of benzene rings is 1. The maximum atomic E-state index is 13.5. The second kappa shape index (κ2) is 7.00. The van der Waals surface area contributed by atoms with E-state index in [9.17, 15) is 4.39 Å². The van der Waals surface area contributed by atoms with Crippen molar-refractivity contribution in [3.63, 3.8) is 0 Å². The van der Waals surface area contributed by atoms with E-state index >= 15 is 0 Å². The third-order valence-corrected chi connectivity index (χ3v) is 2.87. The lowest BCUT2D eigenvalue weighted by Gasteiger charge is -2.09. The Morgan fingerprint density at radius 1 is 1.30 bits per heavy atom. The molecule has 0 bridgehead atoms. The van der Waals surface area contributed by atoms with Crippen LogP contribution >= 0.6 is 0 Å². The van der Waals surface area contributed by atoms with Crippen LogP contribution in [0, 0.1) is 5.82 Å². The molecule has 0 spiro atoms. The summed E-state index contributed by atoms with van der Waals surface area (Å²) in [5.41, 5.74) is 0.860. The Bertz CT molecular complexity index is 556. The summed E-state index contributed by atoms with van der Waals surface area (Å²) in [5.74, 6) is 0.931. The molecule has 2 aromatic rings. The Morgan fingerprint density at radius 3 is 2.90 bits per heavy atom. The second-order valence-electron chi connectivity index (χ2n) is 4.36. The molecule has 1 aromatic heterocycles.